The Morgan fingerprint density at radius 2 is 1.60 bits per heavy atom. The van der Waals surface area contributed by atoms with Gasteiger partial charge in [-0.15, -0.1) is 34.0 Å². The number of thiophene rings is 3. The Kier molecular flexibility index (Phi) is 18.6. The number of carbonyl (C=O) groups is 2. The summed E-state index contributed by atoms with van der Waals surface area (Å²) in [6.07, 6.45) is 3.73. The van der Waals surface area contributed by atoms with Crippen molar-refractivity contribution in [1.29, 1.82) is 0 Å². The standard InChI is InChI=1S/C14H9BrN2O3S.C6H6BrNOS.C4H3BrS.2CO2/c1-19-12-5-2-8(7-16-12)6-9-14(18)20-13(17-9)10-3-4-11(15)21-10;1-8-6(9)4-2-3-5(7)10-4;5-4-2-1-3-6-4;2*2-1-3/h2-7H,1H3;2-3H,1H3,(H,8,9);1-3H;;/b9-6-;;;;. The van der Waals surface area contributed by atoms with Crippen LogP contribution in [0.1, 0.15) is 20.1 Å². The molecule has 0 spiro atoms. The number of hydrogen-bond acceptors (Lipinski definition) is 13. The number of nitrogens with zero attached hydrogens (tertiary/aromatic N) is 2. The summed E-state index contributed by atoms with van der Waals surface area (Å²) in [7, 11) is 3.17. The number of rotatable bonds is 4. The highest BCUT2D eigenvalue weighted by atomic mass is 79.9. The van der Waals surface area contributed by atoms with E-state index in [1.165, 1.54) is 26.5 Å². The molecule has 0 aliphatic carbocycles. The van der Waals surface area contributed by atoms with Crippen LogP contribution >= 0.6 is 81.8 Å². The van der Waals surface area contributed by atoms with E-state index in [1.807, 2.05) is 35.7 Å². The molecule has 11 nitrogen and oxygen atoms in total. The van der Waals surface area contributed by atoms with Crippen LogP contribution < -0.4 is 10.1 Å². The number of cyclic esters (lactones) is 1. The number of pyridine rings is 1. The summed E-state index contributed by atoms with van der Waals surface area (Å²) in [6.45, 7) is 0. The SMILES string of the molecule is Brc1cccs1.CNC(=O)c1ccc(Br)s1.COc1ccc(/C=C2\N=C(c3ccc(Br)s3)OC2=O)cn1.O=C=O.O=C=O. The minimum atomic E-state index is -0.467. The Hall–Kier alpha value is -3.40. The van der Waals surface area contributed by atoms with Crippen molar-refractivity contribution in [2.75, 3.05) is 14.2 Å². The molecule has 224 valence electrons. The highest BCUT2D eigenvalue weighted by molar-refractivity contribution is 9.11. The summed E-state index contributed by atoms with van der Waals surface area (Å²) in [5.74, 6) is 0.336. The minimum Gasteiger partial charge on any atom is -0.481 e. The first-order chi connectivity index (χ1) is 20.6. The van der Waals surface area contributed by atoms with Crippen molar-refractivity contribution < 1.29 is 38.2 Å². The summed E-state index contributed by atoms with van der Waals surface area (Å²) < 4.78 is 13.3. The van der Waals surface area contributed by atoms with E-state index in [0.717, 1.165) is 22.9 Å². The van der Waals surface area contributed by atoms with Crippen LogP contribution in [0.25, 0.3) is 6.08 Å². The topological polar surface area (TPSA) is 158 Å². The number of esters is 1. The number of nitrogens with one attached hydrogen (secondary N) is 1. The Labute approximate surface area is 282 Å². The third-order valence-electron chi connectivity index (χ3n) is 4.19. The molecule has 0 saturated heterocycles. The molecule has 0 saturated carbocycles. The van der Waals surface area contributed by atoms with E-state index >= 15 is 0 Å². The van der Waals surface area contributed by atoms with Gasteiger partial charge in [0.15, 0.2) is 5.70 Å². The molecule has 0 atom stereocenters. The molecule has 4 aromatic heterocycles. The summed E-state index contributed by atoms with van der Waals surface area (Å²) >= 11 is 14.5. The van der Waals surface area contributed by atoms with Crippen molar-refractivity contribution in [3.8, 4) is 5.88 Å². The number of hydrogen-bond donors (Lipinski definition) is 1. The Morgan fingerprint density at radius 3 is 2.02 bits per heavy atom. The van der Waals surface area contributed by atoms with Gasteiger partial charge in [0.05, 0.1) is 28.2 Å². The molecule has 5 heterocycles. The van der Waals surface area contributed by atoms with Gasteiger partial charge in [0.25, 0.3) is 5.91 Å². The predicted molar refractivity (Wildman–Crippen MR) is 171 cm³/mol. The van der Waals surface area contributed by atoms with Crippen LogP contribution in [0.15, 0.2) is 82.2 Å². The molecular formula is C26H18Br3N3O8S3. The zero-order valence-corrected chi connectivity index (χ0v) is 29.1. The van der Waals surface area contributed by atoms with Crippen LogP contribution in [0.3, 0.4) is 0 Å². The van der Waals surface area contributed by atoms with Crippen LogP contribution in [0.4, 0.5) is 0 Å². The van der Waals surface area contributed by atoms with E-state index in [2.05, 4.69) is 63.1 Å². The zero-order valence-electron chi connectivity index (χ0n) is 21.9. The average Bonchev–Trinajstić information content (AvgIpc) is 3.81. The van der Waals surface area contributed by atoms with Gasteiger partial charge >= 0.3 is 18.3 Å². The van der Waals surface area contributed by atoms with E-state index in [0.29, 0.717) is 11.8 Å². The fourth-order valence-corrected chi connectivity index (χ4v) is 6.08. The monoisotopic (exact) mass is 833 g/mol. The zero-order chi connectivity index (χ0) is 32.2. The van der Waals surface area contributed by atoms with Gasteiger partial charge in [-0.25, -0.2) is 14.8 Å². The fourth-order valence-electron chi connectivity index (χ4n) is 2.52. The van der Waals surface area contributed by atoms with Gasteiger partial charge in [0.1, 0.15) is 0 Å². The van der Waals surface area contributed by atoms with E-state index < -0.39 is 5.97 Å². The molecule has 1 aliphatic rings. The van der Waals surface area contributed by atoms with Gasteiger partial charge in [0, 0.05) is 19.3 Å². The van der Waals surface area contributed by atoms with Gasteiger partial charge in [-0.2, -0.15) is 19.2 Å². The maximum Gasteiger partial charge on any atom is 0.373 e. The summed E-state index contributed by atoms with van der Waals surface area (Å²) in [5, 5.41) is 4.58. The second-order valence-electron chi connectivity index (χ2n) is 6.84. The van der Waals surface area contributed by atoms with Crippen LogP contribution in [0.5, 0.6) is 5.88 Å². The molecule has 0 unspecified atom stereocenters. The van der Waals surface area contributed by atoms with Crippen molar-refractivity contribution in [3.05, 3.63) is 92.5 Å². The first-order valence-corrected chi connectivity index (χ1v) is 15.9. The van der Waals surface area contributed by atoms with Crippen LogP contribution in [-0.4, -0.2) is 49.2 Å². The van der Waals surface area contributed by atoms with Crippen molar-refractivity contribution in [3.63, 3.8) is 0 Å². The summed E-state index contributed by atoms with van der Waals surface area (Å²) in [6, 6.07) is 14.9. The first kappa shape index (κ1) is 37.6. The number of amides is 1. The molecule has 17 heteroatoms. The quantitative estimate of drug-likeness (QED) is 0.180. The Balaban J connectivity index is 0.000000346. The van der Waals surface area contributed by atoms with Crippen LogP contribution in [0, 0.1) is 0 Å². The normalized spacial score (nSPS) is 11.6. The Bertz CT molecular complexity index is 1580. The number of carbonyl (C=O) groups excluding carboxylic acids is 6. The van der Waals surface area contributed by atoms with Crippen molar-refractivity contribution in [2.45, 2.75) is 0 Å². The third-order valence-corrected chi connectivity index (χ3v) is 8.90. The number of aliphatic imine (C=N–C) groups is 1. The van der Waals surface area contributed by atoms with E-state index in [4.69, 9.17) is 28.7 Å². The van der Waals surface area contributed by atoms with E-state index in [9.17, 15) is 9.59 Å². The molecule has 4 aromatic rings. The smallest absolute Gasteiger partial charge is 0.373 e. The second-order valence-corrected chi connectivity index (χ2v) is 14.1. The van der Waals surface area contributed by atoms with Crippen LogP contribution in [-0.2, 0) is 28.7 Å². The highest BCUT2D eigenvalue weighted by Gasteiger charge is 2.25. The fraction of sp³-hybridized carbons (Fsp3) is 0.0769. The lowest BCUT2D eigenvalue weighted by Gasteiger charge is -1.97. The van der Waals surface area contributed by atoms with Gasteiger partial charge in [0.2, 0.25) is 11.8 Å². The lowest BCUT2D eigenvalue weighted by atomic mass is 10.2. The molecule has 0 fully saturated rings. The average molecular weight is 836 g/mol. The molecule has 0 radical (unpaired) electrons. The first-order valence-electron chi connectivity index (χ1n) is 11.1. The summed E-state index contributed by atoms with van der Waals surface area (Å²) in [4.78, 5) is 65.1. The highest BCUT2D eigenvalue weighted by Crippen LogP contribution is 2.27. The molecule has 1 N–H and O–H groups in total. The molecule has 1 amide bonds. The van der Waals surface area contributed by atoms with Crippen molar-refractivity contribution >= 4 is 118 Å². The van der Waals surface area contributed by atoms with Crippen molar-refractivity contribution in [1.82, 2.24) is 10.3 Å². The van der Waals surface area contributed by atoms with Gasteiger partial charge in [-0.05, 0) is 101 Å². The molecular weight excluding hydrogens is 818 g/mol. The molecule has 0 aromatic carbocycles. The molecule has 43 heavy (non-hydrogen) atoms. The maximum atomic E-state index is 11.8. The van der Waals surface area contributed by atoms with E-state index in [1.54, 1.807) is 56.0 Å². The van der Waals surface area contributed by atoms with Crippen molar-refractivity contribution in [2.24, 2.45) is 4.99 Å². The number of halogens is 3. The lowest BCUT2D eigenvalue weighted by Crippen LogP contribution is -2.15. The molecule has 1 aliphatic heterocycles. The predicted octanol–water partition coefficient (Wildman–Crippen LogP) is 6.47. The largest absolute Gasteiger partial charge is 0.481 e. The van der Waals surface area contributed by atoms with Crippen LogP contribution in [0.2, 0.25) is 0 Å². The third kappa shape index (κ3) is 14.6. The minimum absolute atomic E-state index is 0.0318. The lowest BCUT2D eigenvalue weighted by molar-refractivity contribution is -0.193. The molecule has 0 bridgehead atoms. The Morgan fingerprint density at radius 1 is 0.953 bits per heavy atom. The summed E-state index contributed by atoms with van der Waals surface area (Å²) in [5.41, 5.74) is 1.00. The van der Waals surface area contributed by atoms with E-state index in [-0.39, 0.29) is 23.9 Å². The second kappa shape index (κ2) is 21.3. The van der Waals surface area contributed by atoms with Gasteiger partial charge in [-0.3, -0.25) is 4.79 Å². The molecule has 5 rings (SSSR count). The number of aromatic nitrogens is 1. The number of ether oxygens (including phenoxy) is 2. The van der Waals surface area contributed by atoms with Gasteiger partial charge < -0.3 is 14.8 Å². The van der Waals surface area contributed by atoms with Gasteiger partial charge in [-0.1, -0.05) is 6.07 Å². The number of methoxy groups -OCH3 is 1. The maximum absolute atomic E-state index is 11.8.